The first-order valence-corrected chi connectivity index (χ1v) is 8.94. The molecule has 1 heterocycles. The van der Waals surface area contributed by atoms with Gasteiger partial charge < -0.3 is 15.3 Å². The van der Waals surface area contributed by atoms with Crippen molar-refractivity contribution in [2.75, 3.05) is 33.2 Å². The Kier molecular flexibility index (Phi) is 6.96. The van der Waals surface area contributed by atoms with E-state index in [1.54, 1.807) is 6.07 Å². The summed E-state index contributed by atoms with van der Waals surface area (Å²) in [7, 11) is 2.12. The fraction of sp³-hybridized carbons (Fsp3) is 0.579. The van der Waals surface area contributed by atoms with Crippen molar-refractivity contribution in [3.8, 4) is 0 Å². The minimum atomic E-state index is -0.990. The van der Waals surface area contributed by atoms with Gasteiger partial charge in [-0.2, -0.15) is 0 Å². The predicted octanol–water partition coefficient (Wildman–Crippen LogP) is 1.66. The molecule has 1 saturated heterocycles. The number of nitrogens with zero attached hydrogens (tertiary/aromatic N) is 2. The van der Waals surface area contributed by atoms with Gasteiger partial charge in [0, 0.05) is 38.3 Å². The molecule has 138 valence electrons. The lowest BCUT2D eigenvalue weighted by Gasteiger charge is -2.32. The average Bonchev–Trinajstić information content (AvgIpc) is 2.60. The second kappa shape index (κ2) is 8.97. The predicted molar refractivity (Wildman–Crippen MR) is 97.6 cm³/mol. The van der Waals surface area contributed by atoms with Gasteiger partial charge >= 0.3 is 5.97 Å². The number of rotatable bonds is 7. The van der Waals surface area contributed by atoms with Gasteiger partial charge in [-0.1, -0.05) is 32.4 Å². The van der Waals surface area contributed by atoms with Gasteiger partial charge in [0.2, 0.25) is 0 Å². The van der Waals surface area contributed by atoms with Crippen molar-refractivity contribution < 1.29 is 14.7 Å². The van der Waals surface area contributed by atoms with Gasteiger partial charge in [-0.05, 0) is 30.7 Å². The molecule has 2 atom stereocenters. The number of benzene rings is 1. The molecule has 0 bridgehead atoms. The van der Waals surface area contributed by atoms with Crippen molar-refractivity contribution in [3.63, 3.8) is 0 Å². The van der Waals surface area contributed by atoms with Gasteiger partial charge in [-0.25, -0.2) is 4.79 Å². The normalized spacial score (nSPS) is 18.5. The highest BCUT2D eigenvalue weighted by molar-refractivity contribution is 5.96. The van der Waals surface area contributed by atoms with Crippen LogP contribution in [0.25, 0.3) is 0 Å². The molecule has 1 aliphatic rings. The van der Waals surface area contributed by atoms with E-state index in [0.29, 0.717) is 12.0 Å². The molecule has 1 fully saturated rings. The SMILES string of the molecule is CC[C@H](C)[C@H](NC(=O)c1cccc(CN2CCN(C)CC2)c1)C(=O)O. The summed E-state index contributed by atoms with van der Waals surface area (Å²) in [5, 5.41) is 12.0. The van der Waals surface area contributed by atoms with E-state index < -0.39 is 12.0 Å². The molecule has 6 nitrogen and oxygen atoms in total. The summed E-state index contributed by atoms with van der Waals surface area (Å²) >= 11 is 0. The number of carboxylic acids is 1. The second-order valence-corrected chi connectivity index (χ2v) is 6.95. The van der Waals surface area contributed by atoms with Crippen LogP contribution in [0.2, 0.25) is 0 Å². The third kappa shape index (κ3) is 5.54. The smallest absolute Gasteiger partial charge is 0.326 e. The fourth-order valence-corrected chi connectivity index (χ4v) is 2.98. The zero-order valence-corrected chi connectivity index (χ0v) is 15.4. The van der Waals surface area contributed by atoms with E-state index >= 15 is 0 Å². The number of piperazine rings is 1. The molecule has 2 rings (SSSR count). The Morgan fingerprint density at radius 1 is 1.24 bits per heavy atom. The van der Waals surface area contributed by atoms with Crippen molar-refractivity contribution in [2.45, 2.75) is 32.9 Å². The van der Waals surface area contributed by atoms with E-state index in [1.165, 1.54) is 0 Å². The van der Waals surface area contributed by atoms with E-state index in [2.05, 4.69) is 22.2 Å². The van der Waals surface area contributed by atoms with E-state index in [0.717, 1.165) is 38.3 Å². The largest absolute Gasteiger partial charge is 0.480 e. The standard InChI is InChI=1S/C19H29N3O3/c1-4-14(2)17(19(24)25)20-18(23)16-7-5-6-15(12-16)13-22-10-8-21(3)9-11-22/h5-7,12,14,17H,4,8-11,13H2,1-3H3,(H,20,23)(H,24,25)/t14-,17-/m0/s1. The quantitative estimate of drug-likeness (QED) is 0.785. The highest BCUT2D eigenvalue weighted by Crippen LogP contribution is 2.13. The number of nitrogens with one attached hydrogen (secondary N) is 1. The number of carboxylic acid groups (broad SMARTS) is 1. The minimum Gasteiger partial charge on any atom is -0.480 e. The summed E-state index contributed by atoms with van der Waals surface area (Å²) in [4.78, 5) is 28.5. The molecule has 1 amide bonds. The summed E-state index contributed by atoms with van der Waals surface area (Å²) in [5.74, 6) is -1.43. The van der Waals surface area contributed by atoms with Crippen LogP contribution in [-0.2, 0) is 11.3 Å². The van der Waals surface area contributed by atoms with E-state index in [1.807, 2.05) is 32.0 Å². The number of aliphatic carboxylic acids is 1. The Balaban J connectivity index is 2.01. The van der Waals surface area contributed by atoms with Crippen LogP contribution in [0, 0.1) is 5.92 Å². The summed E-state index contributed by atoms with van der Waals surface area (Å²) < 4.78 is 0. The van der Waals surface area contributed by atoms with Gasteiger partial charge in [-0.3, -0.25) is 9.69 Å². The summed E-state index contributed by atoms with van der Waals surface area (Å²) in [6, 6.07) is 6.61. The van der Waals surface area contributed by atoms with Crippen LogP contribution in [0.1, 0.15) is 36.2 Å². The third-order valence-corrected chi connectivity index (χ3v) is 4.96. The number of amides is 1. The average molecular weight is 347 g/mol. The number of hydrogen-bond donors (Lipinski definition) is 2. The molecule has 25 heavy (non-hydrogen) atoms. The Bertz CT molecular complexity index is 597. The summed E-state index contributed by atoms with van der Waals surface area (Å²) in [6.07, 6.45) is 0.695. The lowest BCUT2D eigenvalue weighted by molar-refractivity contribution is -0.140. The van der Waals surface area contributed by atoms with E-state index in [4.69, 9.17) is 0 Å². The van der Waals surface area contributed by atoms with Crippen LogP contribution in [-0.4, -0.2) is 66.1 Å². The molecule has 2 N–H and O–H groups in total. The number of hydrogen-bond acceptors (Lipinski definition) is 4. The lowest BCUT2D eigenvalue weighted by Crippen LogP contribution is -2.45. The van der Waals surface area contributed by atoms with Crippen LogP contribution in [0.4, 0.5) is 0 Å². The molecule has 0 radical (unpaired) electrons. The van der Waals surface area contributed by atoms with Crippen LogP contribution in [0.5, 0.6) is 0 Å². The zero-order chi connectivity index (χ0) is 18.4. The summed E-state index contributed by atoms with van der Waals surface area (Å²) in [6.45, 7) is 8.70. The highest BCUT2D eigenvalue weighted by atomic mass is 16.4. The van der Waals surface area contributed by atoms with Gasteiger partial charge in [0.25, 0.3) is 5.91 Å². The Hall–Kier alpha value is -1.92. The molecule has 1 aromatic carbocycles. The molecule has 0 aromatic heterocycles. The van der Waals surface area contributed by atoms with Gasteiger partial charge in [0.05, 0.1) is 0 Å². The van der Waals surface area contributed by atoms with Crippen LogP contribution < -0.4 is 5.32 Å². The van der Waals surface area contributed by atoms with Crippen molar-refractivity contribution in [1.29, 1.82) is 0 Å². The monoisotopic (exact) mass is 347 g/mol. The third-order valence-electron chi connectivity index (χ3n) is 4.96. The van der Waals surface area contributed by atoms with E-state index in [9.17, 15) is 14.7 Å². The topological polar surface area (TPSA) is 72.9 Å². The second-order valence-electron chi connectivity index (χ2n) is 6.95. The molecule has 1 aromatic rings. The maximum absolute atomic E-state index is 12.5. The molecular formula is C19H29N3O3. The number of carbonyl (C=O) groups excluding carboxylic acids is 1. The first-order chi connectivity index (χ1) is 11.9. The summed E-state index contributed by atoms with van der Waals surface area (Å²) in [5.41, 5.74) is 1.59. The molecule has 0 spiro atoms. The first-order valence-electron chi connectivity index (χ1n) is 8.94. The lowest BCUT2D eigenvalue weighted by atomic mass is 9.98. The van der Waals surface area contributed by atoms with Crippen molar-refractivity contribution >= 4 is 11.9 Å². The van der Waals surface area contributed by atoms with E-state index in [-0.39, 0.29) is 11.8 Å². The minimum absolute atomic E-state index is 0.116. The molecule has 1 aliphatic heterocycles. The van der Waals surface area contributed by atoms with Crippen molar-refractivity contribution in [3.05, 3.63) is 35.4 Å². The molecule has 0 saturated carbocycles. The first kappa shape index (κ1) is 19.4. The molecule has 6 heteroatoms. The van der Waals surface area contributed by atoms with Gasteiger partial charge in [0.15, 0.2) is 0 Å². The maximum atomic E-state index is 12.5. The van der Waals surface area contributed by atoms with Crippen LogP contribution >= 0.6 is 0 Å². The maximum Gasteiger partial charge on any atom is 0.326 e. The van der Waals surface area contributed by atoms with Crippen molar-refractivity contribution in [1.82, 2.24) is 15.1 Å². The van der Waals surface area contributed by atoms with Crippen LogP contribution in [0.15, 0.2) is 24.3 Å². The Labute approximate surface area is 149 Å². The van der Waals surface area contributed by atoms with Crippen molar-refractivity contribution in [2.24, 2.45) is 5.92 Å². The number of carbonyl (C=O) groups is 2. The fourth-order valence-electron chi connectivity index (χ4n) is 2.98. The number of likely N-dealkylation sites (N-methyl/N-ethyl adjacent to an activating group) is 1. The Morgan fingerprint density at radius 2 is 1.92 bits per heavy atom. The Morgan fingerprint density at radius 3 is 2.52 bits per heavy atom. The molecular weight excluding hydrogens is 318 g/mol. The van der Waals surface area contributed by atoms with Gasteiger partial charge in [-0.15, -0.1) is 0 Å². The zero-order valence-electron chi connectivity index (χ0n) is 15.4. The highest BCUT2D eigenvalue weighted by Gasteiger charge is 2.25. The molecule has 0 unspecified atom stereocenters. The van der Waals surface area contributed by atoms with Crippen LogP contribution in [0.3, 0.4) is 0 Å². The van der Waals surface area contributed by atoms with Gasteiger partial charge in [0.1, 0.15) is 6.04 Å². The molecule has 0 aliphatic carbocycles.